The first kappa shape index (κ1) is 20.2. The summed E-state index contributed by atoms with van der Waals surface area (Å²) in [6, 6.07) is 10.2. The molecule has 1 aliphatic carbocycles. The van der Waals surface area contributed by atoms with Gasteiger partial charge in [0.05, 0.1) is 11.5 Å². The van der Waals surface area contributed by atoms with Crippen LogP contribution in [0.15, 0.2) is 34.9 Å². The third-order valence-corrected chi connectivity index (χ3v) is 7.22. The van der Waals surface area contributed by atoms with Crippen LogP contribution < -0.4 is 4.74 Å². The van der Waals surface area contributed by atoms with Crippen molar-refractivity contribution in [1.29, 1.82) is 0 Å². The molecule has 1 amide bonds. The van der Waals surface area contributed by atoms with E-state index < -0.39 is 0 Å². The highest BCUT2D eigenvalue weighted by Gasteiger charge is 2.34. The lowest BCUT2D eigenvalue weighted by Crippen LogP contribution is -2.24. The van der Waals surface area contributed by atoms with Crippen LogP contribution in [0.4, 0.5) is 0 Å². The second-order valence-electron chi connectivity index (χ2n) is 8.39. The normalized spacial score (nSPS) is 18.4. The standard InChI is InChI=1S/C24H27N3O3S/c1-2-11-29-19-9-7-16(8-10-19)14-27-15-18(13-22(27)28)23-25-24(30-26-23)21-12-17-5-3-4-6-20(17)31-21/h7-10,12,18H,2-6,11,13-15H2,1H3. The number of hydrogen-bond acceptors (Lipinski definition) is 6. The zero-order chi connectivity index (χ0) is 21.2. The minimum Gasteiger partial charge on any atom is -0.494 e. The van der Waals surface area contributed by atoms with Crippen molar-refractivity contribution in [3.8, 4) is 16.5 Å². The molecule has 1 fully saturated rings. The number of nitrogens with zero attached hydrogens (tertiary/aromatic N) is 3. The van der Waals surface area contributed by atoms with Crippen molar-refractivity contribution in [2.45, 2.75) is 57.9 Å². The zero-order valence-corrected chi connectivity index (χ0v) is 18.6. The van der Waals surface area contributed by atoms with Crippen molar-refractivity contribution in [1.82, 2.24) is 15.0 Å². The topological polar surface area (TPSA) is 68.5 Å². The second-order valence-corrected chi connectivity index (χ2v) is 9.53. The fourth-order valence-corrected chi connectivity index (χ4v) is 5.50. The molecular formula is C24H27N3O3S. The average molecular weight is 438 g/mol. The number of ether oxygens (including phenoxy) is 1. The summed E-state index contributed by atoms with van der Waals surface area (Å²) in [5, 5.41) is 4.22. The summed E-state index contributed by atoms with van der Waals surface area (Å²) < 4.78 is 11.2. The molecule has 3 heterocycles. The van der Waals surface area contributed by atoms with Crippen molar-refractivity contribution in [3.63, 3.8) is 0 Å². The van der Waals surface area contributed by atoms with E-state index in [0.717, 1.165) is 35.5 Å². The molecule has 2 aromatic heterocycles. The molecule has 1 unspecified atom stereocenters. The maximum atomic E-state index is 12.6. The smallest absolute Gasteiger partial charge is 0.268 e. The molecule has 5 rings (SSSR count). The Morgan fingerprint density at radius 3 is 2.87 bits per heavy atom. The number of hydrogen-bond donors (Lipinski definition) is 0. The lowest BCUT2D eigenvalue weighted by atomic mass is 9.99. The van der Waals surface area contributed by atoms with Crippen LogP contribution in [0, 0.1) is 0 Å². The number of fused-ring (bicyclic) bond motifs is 1. The Morgan fingerprint density at radius 1 is 1.23 bits per heavy atom. The van der Waals surface area contributed by atoms with Gasteiger partial charge in [-0.2, -0.15) is 4.98 Å². The molecule has 0 N–H and O–H groups in total. The number of aromatic nitrogens is 2. The van der Waals surface area contributed by atoms with E-state index in [4.69, 9.17) is 9.26 Å². The van der Waals surface area contributed by atoms with Crippen LogP contribution in [-0.2, 0) is 24.2 Å². The van der Waals surface area contributed by atoms with E-state index in [-0.39, 0.29) is 11.8 Å². The van der Waals surface area contributed by atoms with Crippen LogP contribution in [0.2, 0.25) is 0 Å². The van der Waals surface area contributed by atoms with Crippen LogP contribution in [-0.4, -0.2) is 34.1 Å². The molecule has 2 aliphatic rings. The van der Waals surface area contributed by atoms with Crippen molar-refractivity contribution >= 4 is 17.2 Å². The molecule has 1 aromatic carbocycles. The maximum absolute atomic E-state index is 12.6. The predicted molar refractivity (Wildman–Crippen MR) is 119 cm³/mol. The van der Waals surface area contributed by atoms with E-state index in [1.165, 1.54) is 23.3 Å². The lowest BCUT2D eigenvalue weighted by Gasteiger charge is -2.16. The number of amides is 1. The third kappa shape index (κ3) is 4.37. The fourth-order valence-electron chi connectivity index (χ4n) is 4.33. The summed E-state index contributed by atoms with van der Waals surface area (Å²) in [5.41, 5.74) is 2.52. The van der Waals surface area contributed by atoms with Crippen LogP contribution >= 0.6 is 11.3 Å². The minimum atomic E-state index is -0.0215. The molecule has 0 spiro atoms. The van der Waals surface area contributed by atoms with Crippen molar-refractivity contribution in [2.75, 3.05) is 13.2 Å². The van der Waals surface area contributed by atoms with Crippen LogP contribution in [0.3, 0.4) is 0 Å². The van der Waals surface area contributed by atoms with Gasteiger partial charge in [-0.1, -0.05) is 24.2 Å². The Hall–Kier alpha value is -2.67. The molecule has 3 aromatic rings. The number of carbonyl (C=O) groups is 1. The van der Waals surface area contributed by atoms with Gasteiger partial charge in [0, 0.05) is 30.3 Å². The second kappa shape index (κ2) is 8.83. The molecular weight excluding hydrogens is 410 g/mol. The average Bonchev–Trinajstić information content (AvgIpc) is 3.51. The highest BCUT2D eigenvalue weighted by molar-refractivity contribution is 7.15. The number of aryl methyl sites for hydroxylation is 2. The van der Waals surface area contributed by atoms with E-state index in [2.05, 4.69) is 23.1 Å². The molecule has 7 heteroatoms. The molecule has 1 atom stereocenters. The van der Waals surface area contributed by atoms with Gasteiger partial charge in [0.25, 0.3) is 5.89 Å². The molecule has 162 valence electrons. The molecule has 1 aliphatic heterocycles. The number of likely N-dealkylation sites (tertiary alicyclic amines) is 1. The fraction of sp³-hybridized carbons (Fsp3) is 0.458. The van der Waals surface area contributed by atoms with Crippen LogP contribution in [0.1, 0.15) is 60.4 Å². The van der Waals surface area contributed by atoms with Crippen LogP contribution in [0.25, 0.3) is 10.8 Å². The minimum absolute atomic E-state index is 0.0215. The highest BCUT2D eigenvalue weighted by Crippen LogP contribution is 2.36. The number of rotatable bonds is 7. The van der Waals surface area contributed by atoms with Gasteiger partial charge in [0.15, 0.2) is 5.82 Å². The van der Waals surface area contributed by atoms with Crippen molar-refractivity contribution in [3.05, 3.63) is 52.2 Å². The van der Waals surface area contributed by atoms with Gasteiger partial charge in [0.1, 0.15) is 5.75 Å². The van der Waals surface area contributed by atoms with E-state index in [9.17, 15) is 4.79 Å². The van der Waals surface area contributed by atoms with Gasteiger partial charge >= 0.3 is 0 Å². The Morgan fingerprint density at radius 2 is 2.06 bits per heavy atom. The SMILES string of the molecule is CCCOc1ccc(CN2CC(c3noc(-c4cc5c(s4)CCCC5)n3)CC2=O)cc1. The van der Waals surface area contributed by atoms with Crippen molar-refractivity contribution < 1.29 is 14.1 Å². The lowest BCUT2D eigenvalue weighted by molar-refractivity contribution is -0.128. The first-order valence-electron chi connectivity index (χ1n) is 11.1. The molecule has 0 saturated carbocycles. The van der Waals surface area contributed by atoms with Crippen molar-refractivity contribution in [2.24, 2.45) is 0 Å². The number of benzene rings is 1. The van der Waals surface area contributed by atoms with Gasteiger partial charge in [-0.25, -0.2) is 0 Å². The summed E-state index contributed by atoms with van der Waals surface area (Å²) in [7, 11) is 0. The Labute approximate surface area is 186 Å². The molecule has 6 nitrogen and oxygen atoms in total. The summed E-state index contributed by atoms with van der Waals surface area (Å²) >= 11 is 1.77. The maximum Gasteiger partial charge on any atom is 0.268 e. The molecule has 0 radical (unpaired) electrons. The summed E-state index contributed by atoms with van der Waals surface area (Å²) in [5.74, 6) is 2.20. The monoisotopic (exact) mass is 437 g/mol. The Bertz CT molecular complexity index is 1030. The van der Waals surface area contributed by atoms with E-state index in [1.54, 1.807) is 11.3 Å². The summed E-state index contributed by atoms with van der Waals surface area (Å²) in [6.07, 6.45) is 6.22. The summed E-state index contributed by atoms with van der Waals surface area (Å²) in [6.45, 7) is 4.01. The largest absolute Gasteiger partial charge is 0.494 e. The number of carbonyl (C=O) groups excluding carboxylic acids is 1. The Kier molecular flexibility index (Phi) is 5.76. The highest BCUT2D eigenvalue weighted by atomic mass is 32.1. The van der Waals surface area contributed by atoms with Gasteiger partial charge in [-0.05, 0) is 61.4 Å². The number of thiophene rings is 1. The van der Waals surface area contributed by atoms with E-state index in [0.29, 0.717) is 37.8 Å². The molecule has 0 bridgehead atoms. The van der Waals surface area contributed by atoms with E-state index >= 15 is 0 Å². The van der Waals surface area contributed by atoms with E-state index in [1.807, 2.05) is 29.2 Å². The molecule has 31 heavy (non-hydrogen) atoms. The van der Waals surface area contributed by atoms with Gasteiger partial charge in [0.2, 0.25) is 5.91 Å². The third-order valence-electron chi connectivity index (χ3n) is 6.00. The molecule has 1 saturated heterocycles. The van der Waals surface area contributed by atoms with Gasteiger partial charge in [-0.15, -0.1) is 11.3 Å². The van der Waals surface area contributed by atoms with Gasteiger partial charge in [-0.3, -0.25) is 4.79 Å². The summed E-state index contributed by atoms with van der Waals surface area (Å²) in [4.78, 5) is 21.6. The Balaban J connectivity index is 1.23. The predicted octanol–water partition coefficient (Wildman–Crippen LogP) is 4.98. The van der Waals surface area contributed by atoms with Gasteiger partial charge < -0.3 is 14.2 Å². The zero-order valence-electron chi connectivity index (χ0n) is 17.8. The van der Waals surface area contributed by atoms with Crippen LogP contribution in [0.5, 0.6) is 5.75 Å². The first-order valence-corrected chi connectivity index (χ1v) is 12.0. The quantitative estimate of drug-likeness (QED) is 0.521. The first-order chi connectivity index (χ1) is 15.2.